The first-order valence-corrected chi connectivity index (χ1v) is 5.60. The smallest absolute Gasteiger partial charge is 0.315 e. The normalized spacial score (nSPS) is 9.67. The Kier molecular flexibility index (Phi) is 4.76. The molecule has 1 aromatic heterocycles. The summed E-state index contributed by atoms with van der Waals surface area (Å²) in [4.78, 5) is 26.3. The van der Waals surface area contributed by atoms with E-state index < -0.39 is 11.8 Å². The van der Waals surface area contributed by atoms with Crippen LogP contribution in [0.25, 0.3) is 0 Å². The van der Waals surface area contributed by atoms with Crippen molar-refractivity contribution in [3.63, 3.8) is 0 Å². The van der Waals surface area contributed by atoms with Crippen LogP contribution in [0.5, 0.6) is 0 Å². The van der Waals surface area contributed by atoms with Crippen molar-refractivity contribution < 1.29 is 9.59 Å². The van der Waals surface area contributed by atoms with E-state index in [0.717, 1.165) is 12.8 Å². The minimum Gasteiger partial charge on any atom is -0.348 e. The molecule has 0 saturated carbocycles. The third kappa shape index (κ3) is 4.07. The maximum atomic E-state index is 11.2. The van der Waals surface area contributed by atoms with Gasteiger partial charge in [-0.2, -0.15) is 0 Å². The number of amides is 2. The van der Waals surface area contributed by atoms with E-state index in [-0.39, 0.29) is 0 Å². The summed E-state index contributed by atoms with van der Waals surface area (Å²) < 4.78 is 0. The minimum atomic E-state index is -0.666. The zero-order chi connectivity index (χ0) is 11.1. The number of hydrogen-bond acceptors (Lipinski definition) is 4. The first kappa shape index (κ1) is 11.6. The van der Waals surface area contributed by atoms with Gasteiger partial charge in [0.1, 0.15) is 0 Å². The van der Waals surface area contributed by atoms with Gasteiger partial charge in [0.2, 0.25) is 0 Å². The van der Waals surface area contributed by atoms with Crippen LogP contribution in [0.4, 0.5) is 5.13 Å². The molecule has 0 unspecified atom stereocenters. The Labute approximate surface area is 91.9 Å². The minimum absolute atomic E-state index is 0.436. The van der Waals surface area contributed by atoms with E-state index in [2.05, 4.69) is 15.6 Å². The molecule has 15 heavy (non-hydrogen) atoms. The molecule has 0 aromatic carbocycles. The van der Waals surface area contributed by atoms with Crippen molar-refractivity contribution in [2.24, 2.45) is 0 Å². The number of rotatable bonds is 4. The number of unbranched alkanes of at least 4 members (excludes halogenated alkanes) is 1. The molecule has 0 aliphatic rings. The SMILES string of the molecule is CCCCNC(=O)C(=O)Nc1nccs1. The van der Waals surface area contributed by atoms with Crippen molar-refractivity contribution in [3.05, 3.63) is 11.6 Å². The summed E-state index contributed by atoms with van der Waals surface area (Å²) >= 11 is 1.27. The number of thiazole rings is 1. The molecule has 2 amide bonds. The molecule has 0 saturated heterocycles. The molecule has 5 nitrogen and oxygen atoms in total. The second-order valence-electron chi connectivity index (χ2n) is 2.90. The quantitative estimate of drug-likeness (QED) is 0.595. The summed E-state index contributed by atoms with van der Waals surface area (Å²) in [5.74, 6) is -1.28. The second kappa shape index (κ2) is 6.13. The molecule has 0 bridgehead atoms. The van der Waals surface area contributed by atoms with Crippen molar-refractivity contribution in [3.8, 4) is 0 Å². The zero-order valence-electron chi connectivity index (χ0n) is 8.45. The largest absolute Gasteiger partial charge is 0.348 e. The summed E-state index contributed by atoms with van der Waals surface area (Å²) in [5, 5.41) is 7.09. The van der Waals surface area contributed by atoms with Gasteiger partial charge in [0.15, 0.2) is 5.13 Å². The third-order valence-electron chi connectivity index (χ3n) is 1.67. The Hall–Kier alpha value is -1.43. The lowest BCUT2D eigenvalue weighted by Crippen LogP contribution is -2.35. The van der Waals surface area contributed by atoms with E-state index in [1.807, 2.05) is 6.92 Å². The zero-order valence-corrected chi connectivity index (χ0v) is 9.26. The number of nitrogens with zero attached hydrogens (tertiary/aromatic N) is 1. The maximum absolute atomic E-state index is 11.2. The van der Waals surface area contributed by atoms with Crippen molar-refractivity contribution in [1.29, 1.82) is 0 Å². The summed E-state index contributed by atoms with van der Waals surface area (Å²) in [5.41, 5.74) is 0. The van der Waals surface area contributed by atoms with Gasteiger partial charge in [-0.1, -0.05) is 13.3 Å². The van der Waals surface area contributed by atoms with Crippen LogP contribution in [0.3, 0.4) is 0 Å². The molecule has 6 heteroatoms. The maximum Gasteiger partial charge on any atom is 0.315 e. The second-order valence-corrected chi connectivity index (χ2v) is 3.80. The molecule has 0 aliphatic carbocycles. The van der Waals surface area contributed by atoms with E-state index >= 15 is 0 Å². The molecule has 0 radical (unpaired) electrons. The summed E-state index contributed by atoms with van der Waals surface area (Å²) in [7, 11) is 0. The van der Waals surface area contributed by atoms with Crippen molar-refractivity contribution in [2.45, 2.75) is 19.8 Å². The van der Waals surface area contributed by atoms with Gasteiger partial charge in [0.25, 0.3) is 0 Å². The lowest BCUT2D eigenvalue weighted by atomic mass is 10.3. The van der Waals surface area contributed by atoms with Crippen LogP contribution >= 0.6 is 11.3 Å². The van der Waals surface area contributed by atoms with Gasteiger partial charge in [-0.05, 0) is 6.42 Å². The van der Waals surface area contributed by atoms with Crippen molar-refractivity contribution in [1.82, 2.24) is 10.3 Å². The monoisotopic (exact) mass is 227 g/mol. The number of aromatic nitrogens is 1. The number of hydrogen-bond donors (Lipinski definition) is 2. The first-order chi connectivity index (χ1) is 7.24. The Morgan fingerprint density at radius 3 is 2.87 bits per heavy atom. The van der Waals surface area contributed by atoms with Crippen molar-refractivity contribution in [2.75, 3.05) is 11.9 Å². The van der Waals surface area contributed by atoms with Crippen LogP contribution in [0, 0.1) is 0 Å². The van der Waals surface area contributed by atoms with Crippen LogP contribution in [-0.4, -0.2) is 23.3 Å². The molecular weight excluding hydrogens is 214 g/mol. The van der Waals surface area contributed by atoms with E-state index in [0.29, 0.717) is 11.7 Å². The van der Waals surface area contributed by atoms with E-state index in [1.54, 1.807) is 11.6 Å². The first-order valence-electron chi connectivity index (χ1n) is 4.72. The Morgan fingerprint density at radius 1 is 1.47 bits per heavy atom. The van der Waals surface area contributed by atoms with Crippen LogP contribution in [0.1, 0.15) is 19.8 Å². The van der Waals surface area contributed by atoms with Gasteiger partial charge in [0, 0.05) is 18.1 Å². The predicted molar refractivity (Wildman–Crippen MR) is 58.7 cm³/mol. The number of anilines is 1. The van der Waals surface area contributed by atoms with Gasteiger partial charge in [0.05, 0.1) is 0 Å². The molecule has 1 aromatic rings. The summed E-state index contributed by atoms with van der Waals surface area (Å²) in [6.45, 7) is 2.54. The van der Waals surface area contributed by atoms with Crippen LogP contribution < -0.4 is 10.6 Å². The lowest BCUT2D eigenvalue weighted by Gasteiger charge is -2.02. The van der Waals surface area contributed by atoms with E-state index in [4.69, 9.17) is 0 Å². The highest BCUT2D eigenvalue weighted by Crippen LogP contribution is 2.09. The van der Waals surface area contributed by atoms with Gasteiger partial charge in [-0.25, -0.2) is 4.98 Å². The average molecular weight is 227 g/mol. The molecule has 2 N–H and O–H groups in total. The molecule has 1 heterocycles. The van der Waals surface area contributed by atoms with Gasteiger partial charge >= 0.3 is 11.8 Å². The number of nitrogens with one attached hydrogen (secondary N) is 2. The fraction of sp³-hybridized carbons (Fsp3) is 0.444. The number of carbonyl (C=O) groups excluding carboxylic acids is 2. The molecule has 1 rings (SSSR count). The van der Waals surface area contributed by atoms with Gasteiger partial charge in [-0.15, -0.1) is 11.3 Å². The Balaban J connectivity index is 2.30. The van der Waals surface area contributed by atoms with Gasteiger partial charge in [-0.3, -0.25) is 14.9 Å². The Morgan fingerprint density at radius 2 is 2.27 bits per heavy atom. The molecular formula is C9H13N3O2S. The highest BCUT2D eigenvalue weighted by atomic mass is 32.1. The standard InChI is InChI=1S/C9H13N3O2S/c1-2-3-4-10-7(13)8(14)12-9-11-5-6-15-9/h5-6H,2-4H2,1H3,(H,10,13)(H,11,12,14). The average Bonchev–Trinajstić information content (AvgIpc) is 2.70. The molecule has 0 fully saturated rings. The fourth-order valence-electron chi connectivity index (χ4n) is 0.898. The highest BCUT2D eigenvalue weighted by Gasteiger charge is 2.13. The van der Waals surface area contributed by atoms with E-state index in [9.17, 15) is 9.59 Å². The third-order valence-corrected chi connectivity index (χ3v) is 2.36. The van der Waals surface area contributed by atoms with Crippen molar-refractivity contribution >= 4 is 28.3 Å². The van der Waals surface area contributed by atoms with Gasteiger partial charge < -0.3 is 5.32 Å². The van der Waals surface area contributed by atoms with Crippen LogP contribution in [0.15, 0.2) is 11.6 Å². The topological polar surface area (TPSA) is 71.1 Å². The Bertz CT molecular complexity index is 324. The molecule has 0 atom stereocenters. The predicted octanol–water partition coefficient (Wildman–Crippen LogP) is 0.998. The molecule has 0 aliphatic heterocycles. The number of carbonyl (C=O) groups is 2. The van der Waals surface area contributed by atoms with Crippen LogP contribution in [0.2, 0.25) is 0 Å². The summed E-state index contributed by atoms with van der Waals surface area (Å²) in [6, 6.07) is 0. The lowest BCUT2D eigenvalue weighted by molar-refractivity contribution is -0.136. The molecule has 0 spiro atoms. The molecule has 82 valence electrons. The highest BCUT2D eigenvalue weighted by molar-refractivity contribution is 7.13. The van der Waals surface area contributed by atoms with Crippen LogP contribution in [-0.2, 0) is 9.59 Å². The summed E-state index contributed by atoms with van der Waals surface area (Å²) in [6.07, 6.45) is 3.42. The fourth-order valence-corrected chi connectivity index (χ4v) is 1.42. The van der Waals surface area contributed by atoms with E-state index in [1.165, 1.54) is 11.3 Å².